The van der Waals surface area contributed by atoms with E-state index in [1.807, 2.05) is 0 Å². The van der Waals surface area contributed by atoms with Crippen molar-refractivity contribution in [1.82, 2.24) is 0 Å². The van der Waals surface area contributed by atoms with Crippen molar-refractivity contribution in [2.75, 3.05) is 14.2 Å². The summed E-state index contributed by atoms with van der Waals surface area (Å²) >= 11 is 0. The molecule has 0 radical (unpaired) electrons. The van der Waals surface area contributed by atoms with Gasteiger partial charge in [-0.05, 0) is 0 Å². The van der Waals surface area contributed by atoms with Crippen LogP contribution in [-0.4, -0.2) is 26.4 Å². The van der Waals surface area contributed by atoms with Gasteiger partial charge in [-0.2, -0.15) is 0 Å². The van der Waals surface area contributed by atoms with Crippen molar-refractivity contribution in [3.05, 3.63) is 0 Å². The molecule has 0 fully saturated rings. The average Bonchev–Trinajstić information content (AvgIpc) is 1.69. The fourth-order valence-corrected chi connectivity index (χ4v) is 0.329. The number of carbonyl (C=O) groups excluding carboxylic acids is 1. The van der Waals surface area contributed by atoms with Gasteiger partial charge in [-0.3, -0.25) is 4.79 Å². The van der Waals surface area contributed by atoms with Crippen molar-refractivity contribution in [3.63, 3.8) is 0 Å². The smallest absolute Gasteiger partial charge is 1.00 e. The van der Waals surface area contributed by atoms with Crippen LogP contribution in [0.3, 0.4) is 0 Å². The largest absolute Gasteiger partial charge is 1.00 e. The number of methoxy groups -OCH3 is 2. The molecule has 0 aromatic heterocycles. The quantitative estimate of drug-likeness (QED) is 0.312. The Balaban J connectivity index is -0.000000245. The Bertz CT molecular complexity index is 88.6. The molecule has 1 amide bonds. The van der Waals surface area contributed by atoms with Gasteiger partial charge in [0.2, 0.25) is 6.29 Å². The Labute approximate surface area is 67.3 Å². The number of carbonyl (C=O) groups is 1. The third-order valence-corrected chi connectivity index (χ3v) is 0.660. The van der Waals surface area contributed by atoms with Gasteiger partial charge in [-0.15, -0.1) is 0 Å². The number of nitrogens with two attached hydrogens (primary N) is 1. The summed E-state index contributed by atoms with van der Waals surface area (Å²) in [6.45, 7) is 0. The van der Waals surface area contributed by atoms with E-state index in [-0.39, 0.29) is 20.3 Å². The first kappa shape index (κ1) is 11.7. The SMILES string of the molecule is COC(OC)C(N)=O.[H-].[Li+]. The second-order valence-electron chi connectivity index (χ2n) is 1.21. The average molecular weight is 127 g/mol. The van der Waals surface area contributed by atoms with Crippen LogP contribution < -0.4 is 24.6 Å². The predicted octanol–water partition coefficient (Wildman–Crippen LogP) is -3.79. The van der Waals surface area contributed by atoms with Crippen LogP contribution in [0.5, 0.6) is 0 Å². The summed E-state index contributed by atoms with van der Waals surface area (Å²) in [5, 5.41) is 0. The number of hydrogen-bond acceptors (Lipinski definition) is 3. The Morgan fingerprint density at radius 1 is 1.56 bits per heavy atom. The van der Waals surface area contributed by atoms with E-state index in [9.17, 15) is 4.79 Å². The molecule has 0 unspecified atom stereocenters. The topological polar surface area (TPSA) is 61.6 Å². The molecule has 0 atom stereocenters. The zero-order valence-electron chi connectivity index (χ0n) is 6.88. The van der Waals surface area contributed by atoms with Crippen molar-refractivity contribution in [1.29, 1.82) is 0 Å². The third kappa shape index (κ3) is 4.49. The molecule has 4 nitrogen and oxygen atoms in total. The summed E-state index contributed by atoms with van der Waals surface area (Å²) < 4.78 is 8.93. The third-order valence-electron chi connectivity index (χ3n) is 0.660. The molecule has 0 rings (SSSR count). The first-order valence-electron chi connectivity index (χ1n) is 2.07. The summed E-state index contributed by atoms with van der Waals surface area (Å²) in [5.74, 6) is -0.616. The molecule has 0 saturated carbocycles. The normalized spacial score (nSPS) is 8.78. The van der Waals surface area contributed by atoms with E-state index in [0.717, 1.165) is 0 Å². The minimum atomic E-state index is -0.907. The predicted molar refractivity (Wildman–Crippen MR) is 28.1 cm³/mol. The molecule has 0 aliphatic heterocycles. The molecule has 0 heterocycles. The van der Waals surface area contributed by atoms with Crippen LogP contribution in [0.1, 0.15) is 1.43 Å². The molecule has 0 spiro atoms. The van der Waals surface area contributed by atoms with Gasteiger partial charge < -0.3 is 16.6 Å². The minimum Gasteiger partial charge on any atom is -1.00 e. The van der Waals surface area contributed by atoms with Gasteiger partial charge in [0, 0.05) is 14.2 Å². The molecule has 0 saturated heterocycles. The molecular formula is C4H10LiNO3. The number of primary amides is 1. The molecular weight excluding hydrogens is 117 g/mol. The number of amides is 1. The van der Waals surface area contributed by atoms with Crippen molar-refractivity contribution in [3.8, 4) is 0 Å². The summed E-state index contributed by atoms with van der Waals surface area (Å²) in [5.41, 5.74) is 4.77. The fraction of sp³-hybridized carbons (Fsp3) is 0.750. The van der Waals surface area contributed by atoms with Gasteiger partial charge in [0.05, 0.1) is 0 Å². The van der Waals surface area contributed by atoms with E-state index in [2.05, 4.69) is 9.47 Å². The van der Waals surface area contributed by atoms with Gasteiger partial charge in [-0.1, -0.05) is 0 Å². The summed E-state index contributed by atoms with van der Waals surface area (Å²) in [7, 11) is 2.69. The van der Waals surface area contributed by atoms with Gasteiger partial charge in [-0.25, -0.2) is 0 Å². The maximum Gasteiger partial charge on any atom is 1.00 e. The molecule has 9 heavy (non-hydrogen) atoms. The summed E-state index contributed by atoms with van der Waals surface area (Å²) in [6, 6.07) is 0. The summed E-state index contributed by atoms with van der Waals surface area (Å²) in [6.07, 6.45) is -0.907. The fourth-order valence-electron chi connectivity index (χ4n) is 0.329. The Hall–Kier alpha value is -0.0126. The molecule has 0 aliphatic carbocycles. The van der Waals surface area contributed by atoms with Crippen LogP contribution in [-0.2, 0) is 14.3 Å². The van der Waals surface area contributed by atoms with Crippen molar-refractivity contribution in [2.24, 2.45) is 5.73 Å². The Morgan fingerprint density at radius 2 is 1.89 bits per heavy atom. The zero-order chi connectivity index (χ0) is 6.57. The molecule has 0 aliphatic rings. The van der Waals surface area contributed by atoms with E-state index in [1.54, 1.807) is 0 Å². The van der Waals surface area contributed by atoms with E-state index in [0.29, 0.717) is 0 Å². The van der Waals surface area contributed by atoms with Gasteiger partial charge in [0.25, 0.3) is 5.91 Å². The number of hydrogen-bond donors (Lipinski definition) is 1. The van der Waals surface area contributed by atoms with Crippen LogP contribution in [0, 0.1) is 0 Å². The minimum absolute atomic E-state index is 0. The Morgan fingerprint density at radius 3 is 1.89 bits per heavy atom. The standard InChI is InChI=1S/C4H9NO3.Li.H/c1-7-4(8-2)3(5)6;;/h4H,1-2H3,(H2,5,6);;/q;+1;-1. The van der Waals surface area contributed by atoms with E-state index in [1.165, 1.54) is 14.2 Å². The van der Waals surface area contributed by atoms with Gasteiger partial charge >= 0.3 is 18.9 Å². The molecule has 2 N–H and O–H groups in total. The van der Waals surface area contributed by atoms with Gasteiger partial charge in [0.1, 0.15) is 0 Å². The maximum absolute atomic E-state index is 10.1. The molecule has 0 bridgehead atoms. The second kappa shape index (κ2) is 6.11. The van der Waals surface area contributed by atoms with Crippen LogP contribution in [0.25, 0.3) is 0 Å². The molecule has 50 valence electrons. The summed E-state index contributed by atoms with van der Waals surface area (Å²) in [4.78, 5) is 10.1. The van der Waals surface area contributed by atoms with Crippen LogP contribution in [0.15, 0.2) is 0 Å². The van der Waals surface area contributed by atoms with Gasteiger partial charge in [0.15, 0.2) is 0 Å². The van der Waals surface area contributed by atoms with Crippen molar-refractivity contribution < 1.29 is 34.6 Å². The van der Waals surface area contributed by atoms with E-state index < -0.39 is 12.2 Å². The Kier molecular flexibility index (Phi) is 7.98. The second-order valence-corrected chi connectivity index (χ2v) is 1.21. The van der Waals surface area contributed by atoms with Crippen LogP contribution in [0.2, 0.25) is 0 Å². The van der Waals surface area contributed by atoms with E-state index >= 15 is 0 Å². The van der Waals surface area contributed by atoms with Crippen molar-refractivity contribution in [2.45, 2.75) is 6.29 Å². The number of ether oxygens (including phenoxy) is 2. The van der Waals surface area contributed by atoms with E-state index in [4.69, 9.17) is 5.73 Å². The first-order valence-corrected chi connectivity index (χ1v) is 2.07. The zero-order valence-corrected chi connectivity index (χ0v) is 5.88. The van der Waals surface area contributed by atoms with Crippen LogP contribution >= 0.6 is 0 Å². The first-order chi connectivity index (χ1) is 3.72. The monoisotopic (exact) mass is 127 g/mol. The molecule has 0 aromatic rings. The van der Waals surface area contributed by atoms with Crippen LogP contribution in [0.4, 0.5) is 0 Å². The molecule has 5 heteroatoms. The molecule has 0 aromatic carbocycles. The maximum atomic E-state index is 10.1. The number of rotatable bonds is 3. The van der Waals surface area contributed by atoms with Crippen molar-refractivity contribution >= 4 is 5.91 Å².